The van der Waals surface area contributed by atoms with E-state index >= 15 is 0 Å². The summed E-state index contributed by atoms with van der Waals surface area (Å²) in [5.74, 6) is -6.05. The van der Waals surface area contributed by atoms with E-state index in [9.17, 15) is 77.5 Å². The maximum absolute atomic E-state index is 14.5. The summed E-state index contributed by atoms with van der Waals surface area (Å²) in [6, 6.07) is 21.6. The first kappa shape index (κ1) is 108. The van der Waals surface area contributed by atoms with E-state index < -0.39 is 59.9 Å². The number of rotatable bonds is 17. The molecule has 14 N–H and O–H groups in total. The first-order valence-electron chi connectivity index (χ1n) is 51.6. The maximum Gasteiger partial charge on any atom is 0.401 e. The van der Waals surface area contributed by atoms with Crippen LogP contribution in [0.5, 0.6) is 0 Å². The Labute approximate surface area is 842 Å². The summed E-state index contributed by atoms with van der Waals surface area (Å²) in [5.41, 5.74) is 23.4. The molecule has 22 rings (SSSR count). The Morgan fingerprint density at radius 2 is 0.548 bits per heavy atom. The molecule has 7 aliphatic heterocycles. The van der Waals surface area contributed by atoms with Gasteiger partial charge >= 0.3 is 6.18 Å². The summed E-state index contributed by atoms with van der Waals surface area (Å²) < 4.78 is 136. The van der Waals surface area contributed by atoms with Gasteiger partial charge in [0, 0.05) is 207 Å². The predicted octanol–water partition coefficient (Wildman–Crippen LogP) is 16.5. The highest BCUT2D eigenvalue weighted by atomic mass is 19.4. The molecule has 7 aromatic rings. The van der Waals surface area contributed by atoms with Crippen molar-refractivity contribution >= 4 is 41.4 Å². The van der Waals surface area contributed by atoms with Crippen LogP contribution in [0.3, 0.4) is 0 Å². The smallest absolute Gasteiger partial charge is 0.298 e. The number of carbonyl (C=O) groups excluding carboxylic acids is 7. The number of hydroxylamine groups is 7. The Bertz CT molecular complexity index is 5730. The van der Waals surface area contributed by atoms with Crippen LogP contribution in [-0.4, -0.2) is 208 Å². The largest absolute Gasteiger partial charge is 0.401 e. The molecule has 0 unspecified atom stereocenters. The third-order valence-corrected chi connectivity index (χ3v) is 33.4. The molecule has 15 aliphatic rings. The van der Waals surface area contributed by atoms with Gasteiger partial charge in [-0.15, -0.1) is 0 Å². The van der Waals surface area contributed by atoms with Gasteiger partial charge in [-0.25, -0.2) is 69.1 Å². The number of alkyl halides is 3. The van der Waals surface area contributed by atoms with Crippen molar-refractivity contribution < 1.29 is 114 Å². The molecule has 0 aromatic heterocycles. The number of nitrogens with one attached hydrogen (secondary N) is 7. The van der Waals surface area contributed by atoms with E-state index in [1.165, 1.54) is 202 Å². The molecule has 790 valence electrons. The van der Waals surface area contributed by atoms with Crippen molar-refractivity contribution in [1.82, 2.24) is 72.7 Å². The minimum Gasteiger partial charge on any atom is -0.298 e. The van der Waals surface area contributed by atoms with Gasteiger partial charge in [-0.1, -0.05) is 58.3 Å². The molecule has 8 aliphatic carbocycles. The zero-order valence-electron chi connectivity index (χ0n) is 82.5. The Hall–Kier alpha value is -10.4. The quantitative estimate of drug-likeness (QED) is 0.0229. The van der Waals surface area contributed by atoms with Gasteiger partial charge in [-0.05, 0) is 300 Å². The number of carbonyl (C=O) groups is 7. The molecule has 28 nitrogen and oxygen atoms in total. The van der Waals surface area contributed by atoms with Crippen LogP contribution < -0.4 is 38.4 Å². The van der Waals surface area contributed by atoms with Crippen LogP contribution in [0.2, 0.25) is 0 Å². The topological polar surface area (TPSA) is 368 Å². The van der Waals surface area contributed by atoms with Gasteiger partial charge in [0.25, 0.3) is 41.4 Å². The molecule has 8 saturated carbocycles. The molecule has 2 spiro atoms. The summed E-state index contributed by atoms with van der Waals surface area (Å²) in [5, 5.41) is 60.5. The normalized spacial score (nSPS) is 21.1. The Morgan fingerprint density at radius 1 is 0.295 bits per heavy atom. The second-order valence-corrected chi connectivity index (χ2v) is 43.0. The van der Waals surface area contributed by atoms with E-state index in [2.05, 4.69) is 36.3 Å². The van der Waals surface area contributed by atoms with Crippen LogP contribution in [0.15, 0.2) is 84.9 Å². The summed E-state index contributed by atoms with van der Waals surface area (Å²) >= 11 is 0. The zero-order chi connectivity index (χ0) is 104. The van der Waals surface area contributed by atoms with Gasteiger partial charge in [0.1, 0.15) is 40.7 Å². The van der Waals surface area contributed by atoms with Gasteiger partial charge in [0.05, 0.1) is 6.54 Å². The lowest BCUT2D eigenvalue weighted by molar-refractivity contribution is -0.147. The van der Waals surface area contributed by atoms with Crippen molar-refractivity contribution in [1.29, 1.82) is 0 Å². The molecule has 146 heavy (non-hydrogen) atoms. The number of amides is 7. The van der Waals surface area contributed by atoms with E-state index in [4.69, 9.17) is 36.5 Å². The number of nitrogens with zero attached hydrogens (tertiary/aromatic N) is 7. The van der Waals surface area contributed by atoms with Crippen LogP contribution in [-0.2, 0) is 90.8 Å². The van der Waals surface area contributed by atoms with Crippen molar-refractivity contribution in [2.24, 2.45) is 28.1 Å². The highest BCUT2D eigenvalue weighted by molar-refractivity contribution is 5.97. The molecular weight excluding hydrogens is 1910 g/mol. The van der Waals surface area contributed by atoms with E-state index in [0.29, 0.717) is 101 Å². The molecule has 0 radical (unpaired) electrons. The molecule has 38 heteroatoms. The standard InChI is InChI=1S/2C19H25FN2O2.2C15H19FN2O2.2C14H17FN2O2.C12H12F4N2O2/c2*20-16-11-14(18(23)21-24)10-13-5-9-22(12-15(13)16)17-4-8-19(17)6-2-1-3-7-19;1-15(3-4-15)9-18-5-2-10-6-11(14(19)17-20)7-13(16)12(10)8-18;16-14-7-12(15(19)17-20)6-11-4-5-18(9-13(11)14)8-10-2-1-3-10;15-13-6-11(14(18)16-19)5-10-3-4-17(8-12(10)13)7-9-1-2-9;15-13-7-10(14(18)16-19)6-9-4-5-17(8-12(9)13)11-2-1-3-11;13-10-4-8(11(19)17-20)3-7-1-2-18(5-9(7)10)6-12(14,15)16/h2*10-11,17,24H,1-9,12H2,(H,21,23);6-7,20H,2-5,8-9H2,1H3,(H,17,19);6-7,10,20H,1-5,8-9H2,(H,17,19);5-6,9,19H,1-4,7-8H2,(H,16,18);6-7,11,19H,1-5,8H2,(H,16,18);3-4,20H,1-2,5-6H2,(H,17,19)/t2*17-;;;;;/m10...../s1. The fourth-order valence-electron chi connectivity index (χ4n) is 24.2. The lowest BCUT2D eigenvalue weighted by Crippen LogP contribution is -2.57. The van der Waals surface area contributed by atoms with Crippen LogP contribution in [0, 0.1) is 68.8 Å². The average molecular weight is 2040 g/mol. The first-order valence-corrected chi connectivity index (χ1v) is 51.6. The Morgan fingerprint density at radius 3 is 0.801 bits per heavy atom. The summed E-state index contributed by atoms with van der Waals surface area (Å²) in [4.78, 5) is 95.0. The third kappa shape index (κ3) is 26.0. The highest BCUT2D eigenvalue weighted by Crippen LogP contribution is 2.57. The number of fused-ring (bicyclic) bond motifs is 7. The molecule has 7 amide bonds. The van der Waals surface area contributed by atoms with E-state index in [-0.39, 0.29) is 98.9 Å². The maximum atomic E-state index is 14.5. The van der Waals surface area contributed by atoms with E-state index in [1.807, 2.05) is 0 Å². The Balaban J connectivity index is 0.000000122. The summed E-state index contributed by atoms with van der Waals surface area (Å²) in [6.45, 7) is 13.6. The molecule has 2 atom stereocenters. The monoisotopic (exact) mass is 2040 g/mol. The fraction of sp³-hybridized carbons (Fsp3) is 0.546. The molecular formula is C108H134F10N14O14. The van der Waals surface area contributed by atoms with E-state index in [0.717, 1.165) is 165 Å². The number of benzene rings is 7. The lowest BCUT2D eigenvalue weighted by atomic mass is 9.56. The van der Waals surface area contributed by atoms with Gasteiger partial charge in [-0.2, -0.15) is 13.2 Å². The van der Waals surface area contributed by atoms with Gasteiger partial charge in [0.15, 0.2) is 0 Å². The second kappa shape index (κ2) is 47.6. The van der Waals surface area contributed by atoms with Crippen LogP contribution in [0.25, 0.3) is 0 Å². The van der Waals surface area contributed by atoms with Crippen molar-refractivity contribution in [3.8, 4) is 0 Å². The van der Waals surface area contributed by atoms with Crippen LogP contribution >= 0.6 is 0 Å². The minimum atomic E-state index is -4.33. The number of hydrogen-bond donors (Lipinski definition) is 14. The van der Waals surface area contributed by atoms with Crippen molar-refractivity contribution in [3.05, 3.63) is 242 Å². The summed E-state index contributed by atoms with van der Waals surface area (Å²) in [7, 11) is 0. The number of hydrogen-bond acceptors (Lipinski definition) is 21. The van der Waals surface area contributed by atoms with Crippen molar-refractivity contribution in [2.75, 3.05) is 72.0 Å². The zero-order valence-corrected chi connectivity index (χ0v) is 82.5. The van der Waals surface area contributed by atoms with E-state index in [1.54, 1.807) is 69.3 Å². The summed E-state index contributed by atoms with van der Waals surface area (Å²) in [6.07, 6.45) is 31.7. The van der Waals surface area contributed by atoms with Crippen LogP contribution in [0.1, 0.15) is 311 Å². The van der Waals surface area contributed by atoms with Crippen LogP contribution in [0.4, 0.5) is 43.9 Å². The first-order chi connectivity index (χ1) is 70.1. The fourth-order valence-corrected chi connectivity index (χ4v) is 24.2. The minimum absolute atomic E-state index is 0.0620. The van der Waals surface area contributed by atoms with Crippen molar-refractivity contribution in [3.63, 3.8) is 0 Å². The lowest BCUT2D eigenvalue weighted by Gasteiger charge is -2.57. The number of halogens is 10. The molecule has 0 bridgehead atoms. The molecule has 7 aromatic carbocycles. The second-order valence-electron chi connectivity index (χ2n) is 43.0. The van der Waals surface area contributed by atoms with Gasteiger partial charge in [-0.3, -0.25) is 104 Å². The third-order valence-electron chi connectivity index (χ3n) is 33.4. The SMILES string of the molecule is CC1(CN2CCc3cc(C(=O)NO)cc(F)c3C2)CC1.O=C(NO)c1cc(F)c2c(c1)CCN(C1CCC1)C2.O=C(NO)c1cc(F)c2c(c1)CCN(CC(F)(F)F)C2.O=C(NO)c1cc(F)c2c(c1)CCN(CC1CC1)C2.O=C(NO)c1cc(F)c2c(c1)CCN(CC1CCC1)C2.O=C(NO)c1cc(F)c2c(c1)CCN([C@@H]1CCC13CCCCC3)C2.O=C(NO)c1cc(F)c2c(c1)CCN([C@H]1CCC13CCCCC3)C2. The molecule has 8 fully saturated rings. The Kier molecular flexibility index (Phi) is 35.3. The predicted molar refractivity (Wildman–Crippen MR) is 516 cm³/mol. The van der Waals surface area contributed by atoms with Gasteiger partial charge in [0.2, 0.25) is 0 Å². The van der Waals surface area contributed by atoms with Gasteiger partial charge < -0.3 is 0 Å². The highest BCUT2D eigenvalue weighted by Gasteiger charge is 2.52. The molecule has 0 saturated heterocycles. The van der Waals surface area contributed by atoms with Crippen molar-refractivity contribution in [2.45, 2.75) is 276 Å². The average Bonchev–Trinajstić information content (AvgIpc) is 1.60. The molecule has 7 heterocycles.